The van der Waals surface area contributed by atoms with Gasteiger partial charge in [0.15, 0.2) is 5.82 Å². The Morgan fingerprint density at radius 3 is 2.46 bits per heavy atom. The van der Waals surface area contributed by atoms with Crippen LogP contribution in [0.3, 0.4) is 0 Å². The highest BCUT2D eigenvalue weighted by Gasteiger charge is 2.14. The van der Waals surface area contributed by atoms with Gasteiger partial charge in [0.25, 0.3) is 0 Å². The van der Waals surface area contributed by atoms with Crippen LogP contribution in [0.25, 0.3) is 5.69 Å². The lowest BCUT2D eigenvalue weighted by Crippen LogP contribution is -2.31. The zero-order valence-electron chi connectivity index (χ0n) is 16.1. The van der Waals surface area contributed by atoms with Crippen LogP contribution >= 0.6 is 0 Å². The molecule has 1 aromatic heterocycles. The van der Waals surface area contributed by atoms with Crippen LogP contribution in [-0.4, -0.2) is 40.5 Å². The molecule has 0 fully saturated rings. The van der Waals surface area contributed by atoms with Crippen LogP contribution in [0.15, 0.2) is 42.5 Å². The van der Waals surface area contributed by atoms with E-state index in [0.29, 0.717) is 22.9 Å². The minimum Gasteiger partial charge on any atom is -0.497 e. The summed E-state index contributed by atoms with van der Waals surface area (Å²) in [6.45, 7) is 3.69. The Hall–Kier alpha value is -3.62. The fourth-order valence-corrected chi connectivity index (χ4v) is 2.73. The van der Waals surface area contributed by atoms with Crippen molar-refractivity contribution in [3.05, 3.63) is 53.9 Å². The van der Waals surface area contributed by atoms with E-state index in [1.54, 1.807) is 44.0 Å². The molecule has 146 valence electrons. The first-order valence-corrected chi connectivity index (χ1v) is 8.66. The predicted molar refractivity (Wildman–Crippen MR) is 104 cm³/mol. The Morgan fingerprint density at radius 1 is 1.11 bits per heavy atom. The van der Waals surface area contributed by atoms with E-state index in [1.165, 1.54) is 0 Å². The average Bonchev–Trinajstić information content (AvgIpc) is 3.13. The van der Waals surface area contributed by atoms with Gasteiger partial charge in [-0.2, -0.15) is 4.68 Å². The first-order valence-electron chi connectivity index (χ1n) is 8.66. The molecule has 2 N–H and O–H groups in total. The summed E-state index contributed by atoms with van der Waals surface area (Å²) in [5.41, 5.74) is 2.19. The monoisotopic (exact) mass is 382 g/mol. The van der Waals surface area contributed by atoms with Crippen molar-refractivity contribution in [3.8, 4) is 17.2 Å². The summed E-state index contributed by atoms with van der Waals surface area (Å²) in [6, 6.07) is 12.3. The van der Waals surface area contributed by atoms with Gasteiger partial charge in [-0.05, 0) is 60.2 Å². The summed E-state index contributed by atoms with van der Waals surface area (Å²) in [5.74, 6) is 1.96. The lowest BCUT2D eigenvalue weighted by atomic mass is 10.1. The molecule has 28 heavy (non-hydrogen) atoms. The van der Waals surface area contributed by atoms with Gasteiger partial charge in [0.2, 0.25) is 0 Å². The number of benzene rings is 2. The Balaban J connectivity index is 1.72. The fourth-order valence-electron chi connectivity index (χ4n) is 2.73. The summed E-state index contributed by atoms with van der Waals surface area (Å²) in [4.78, 5) is 12.4. The number of nitrogens with one attached hydrogen (secondary N) is 2. The van der Waals surface area contributed by atoms with Gasteiger partial charge in [0, 0.05) is 5.69 Å². The van der Waals surface area contributed by atoms with Crippen molar-refractivity contribution in [2.24, 2.45) is 0 Å². The van der Waals surface area contributed by atoms with Gasteiger partial charge in [-0.3, -0.25) is 0 Å². The maximum absolute atomic E-state index is 12.4. The number of urea groups is 1. The highest BCUT2D eigenvalue weighted by molar-refractivity contribution is 5.90. The van der Waals surface area contributed by atoms with Crippen molar-refractivity contribution in [3.63, 3.8) is 0 Å². The highest BCUT2D eigenvalue weighted by atomic mass is 16.5. The number of amides is 2. The molecule has 3 aromatic rings. The van der Waals surface area contributed by atoms with Gasteiger partial charge < -0.3 is 20.1 Å². The van der Waals surface area contributed by atoms with Gasteiger partial charge in [0.1, 0.15) is 17.2 Å². The van der Waals surface area contributed by atoms with E-state index in [2.05, 4.69) is 26.2 Å². The molecule has 0 aliphatic heterocycles. The lowest BCUT2D eigenvalue weighted by Gasteiger charge is -2.16. The summed E-state index contributed by atoms with van der Waals surface area (Å²) >= 11 is 0. The van der Waals surface area contributed by atoms with Crippen molar-refractivity contribution in [1.82, 2.24) is 25.5 Å². The molecule has 9 nitrogen and oxygen atoms in total. The number of nitrogens with zero attached hydrogens (tertiary/aromatic N) is 4. The van der Waals surface area contributed by atoms with E-state index in [4.69, 9.17) is 9.47 Å². The number of tetrazole rings is 1. The third-order valence-corrected chi connectivity index (χ3v) is 4.25. The number of carbonyl (C=O) groups is 1. The molecule has 0 saturated carbocycles. The van der Waals surface area contributed by atoms with E-state index in [9.17, 15) is 4.79 Å². The van der Waals surface area contributed by atoms with E-state index < -0.39 is 0 Å². The van der Waals surface area contributed by atoms with Gasteiger partial charge in [-0.1, -0.05) is 12.1 Å². The molecule has 0 aliphatic carbocycles. The number of ether oxygens (including phenoxy) is 2. The van der Waals surface area contributed by atoms with Crippen LogP contribution in [-0.2, 0) is 0 Å². The Kier molecular flexibility index (Phi) is 5.73. The minimum atomic E-state index is -0.326. The first-order chi connectivity index (χ1) is 13.5. The number of anilines is 1. The summed E-state index contributed by atoms with van der Waals surface area (Å²) in [7, 11) is 3.18. The second kappa shape index (κ2) is 8.38. The number of rotatable bonds is 6. The quantitative estimate of drug-likeness (QED) is 0.679. The normalized spacial score (nSPS) is 11.6. The predicted octanol–water partition coefficient (Wildman–Crippen LogP) is 2.87. The van der Waals surface area contributed by atoms with Crippen molar-refractivity contribution in [1.29, 1.82) is 0 Å². The second-order valence-electron chi connectivity index (χ2n) is 6.12. The van der Waals surface area contributed by atoms with Crippen molar-refractivity contribution in [2.45, 2.75) is 19.9 Å². The van der Waals surface area contributed by atoms with Gasteiger partial charge in [-0.15, -0.1) is 5.10 Å². The molecule has 2 amide bonds. The SMILES string of the molecule is COc1ccc(C(C)NC(=O)Nc2ccc(OC)c(-n3nnnc3C)c2)cc1. The van der Waals surface area contributed by atoms with Gasteiger partial charge >= 0.3 is 6.03 Å². The molecule has 3 rings (SSSR count). The number of carbonyl (C=O) groups excluding carboxylic acids is 1. The van der Waals surface area contributed by atoms with Crippen molar-refractivity contribution < 1.29 is 14.3 Å². The molecule has 0 saturated heterocycles. The van der Waals surface area contributed by atoms with Crippen LogP contribution in [0.5, 0.6) is 11.5 Å². The van der Waals surface area contributed by atoms with Crippen LogP contribution < -0.4 is 20.1 Å². The largest absolute Gasteiger partial charge is 0.497 e. The molecule has 1 unspecified atom stereocenters. The molecular weight excluding hydrogens is 360 g/mol. The van der Waals surface area contributed by atoms with Crippen LogP contribution in [0.2, 0.25) is 0 Å². The van der Waals surface area contributed by atoms with E-state index >= 15 is 0 Å². The molecule has 1 atom stereocenters. The van der Waals surface area contributed by atoms with E-state index in [0.717, 1.165) is 11.3 Å². The fraction of sp³-hybridized carbons (Fsp3) is 0.263. The Labute approximate surface area is 162 Å². The van der Waals surface area contributed by atoms with Crippen LogP contribution in [0.4, 0.5) is 10.5 Å². The van der Waals surface area contributed by atoms with Gasteiger partial charge in [-0.25, -0.2) is 4.79 Å². The maximum Gasteiger partial charge on any atom is 0.319 e. The van der Waals surface area contributed by atoms with Crippen molar-refractivity contribution >= 4 is 11.7 Å². The lowest BCUT2D eigenvalue weighted by molar-refractivity contribution is 0.249. The third kappa shape index (κ3) is 4.20. The number of hydrogen-bond donors (Lipinski definition) is 2. The summed E-state index contributed by atoms with van der Waals surface area (Å²) < 4.78 is 12.1. The Bertz CT molecular complexity index is 955. The molecule has 0 radical (unpaired) electrons. The molecule has 0 spiro atoms. The second-order valence-corrected chi connectivity index (χ2v) is 6.12. The Morgan fingerprint density at radius 2 is 1.86 bits per heavy atom. The summed E-state index contributed by atoms with van der Waals surface area (Å²) in [5, 5.41) is 17.2. The molecule has 2 aromatic carbocycles. The van der Waals surface area contributed by atoms with E-state index in [-0.39, 0.29) is 12.1 Å². The summed E-state index contributed by atoms with van der Waals surface area (Å²) in [6.07, 6.45) is 0. The smallest absolute Gasteiger partial charge is 0.319 e. The maximum atomic E-state index is 12.4. The molecular formula is C19H22N6O3. The minimum absolute atomic E-state index is 0.176. The number of methoxy groups -OCH3 is 2. The van der Waals surface area contributed by atoms with Crippen molar-refractivity contribution in [2.75, 3.05) is 19.5 Å². The zero-order chi connectivity index (χ0) is 20.1. The van der Waals surface area contributed by atoms with Crippen LogP contribution in [0, 0.1) is 6.92 Å². The van der Waals surface area contributed by atoms with E-state index in [1.807, 2.05) is 31.2 Å². The third-order valence-electron chi connectivity index (χ3n) is 4.25. The average molecular weight is 382 g/mol. The number of aryl methyl sites for hydroxylation is 1. The van der Waals surface area contributed by atoms with Gasteiger partial charge in [0.05, 0.1) is 20.3 Å². The number of aromatic nitrogens is 4. The van der Waals surface area contributed by atoms with Crippen LogP contribution in [0.1, 0.15) is 24.4 Å². The topological polar surface area (TPSA) is 103 Å². The molecule has 0 bridgehead atoms. The molecule has 1 heterocycles. The molecule has 9 heteroatoms. The standard InChI is InChI=1S/C19H22N6O3/c1-12(14-5-8-16(27-3)9-6-14)20-19(26)21-15-7-10-18(28-4)17(11-15)25-13(2)22-23-24-25/h5-12H,1-4H3,(H2,20,21,26). The molecule has 0 aliphatic rings. The first kappa shape index (κ1) is 19.2. The zero-order valence-corrected chi connectivity index (χ0v) is 16.1. The number of hydrogen-bond acceptors (Lipinski definition) is 6. The highest BCUT2D eigenvalue weighted by Crippen LogP contribution is 2.26.